The number of para-hydroxylation sites is 1. The number of rotatable bonds is 5. The highest BCUT2D eigenvalue weighted by atomic mass is 32.1. The van der Waals surface area contributed by atoms with Gasteiger partial charge in [0.15, 0.2) is 11.4 Å². The Balaban J connectivity index is 1.53. The lowest BCUT2D eigenvalue weighted by Gasteiger charge is -2.30. The number of hydrogen-bond acceptors (Lipinski definition) is 6. The maximum atomic E-state index is 13.9. The Kier molecular flexibility index (Phi) is 6.25. The van der Waals surface area contributed by atoms with Crippen LogP contribution >= 0.6 is 11.3 Å². The average molecular weight is 527 g/mol. The van der Waals surface area contributed by atoms with Gasteiger partial charge in [0.05, 0.1) is 23.4 Å². The zero-order valence-electron chi connectivity index (χ0n) is 20.5. The van der Waals surface area contributed by atoms with E-state index < -0.39 is 5.97 Å². The van der Waals surface area contributed by atoms with Crippen molar-refractivity contribution in [3.05, 3.63) is 126 Å². The smallest absolute Gasteiger partial charge is 0.343 e. The Bertz CT molecular complexity index is 1770. The Morgan fingerprint density at radius 2 is 1.84 bits per heavy atom. The number of allylic oxidation sites excluding steroid dienone is 1. The minimum absolute atomic E-state index is 0.184. The van der Waals surface area contributed by atoms with Crippen LogP contribution in [0, 0.1) is 5.82 Å². The Morgan fingerprint density at radius 3 is 2.66 bits per heavy atom. The molecule has 2 aliphatic rings. The predicted molar refractivity (Wildman–Crippen MR) is 143 cm³/mol. The molecule has 6 rings (SSSR count). The van der Waals surface area contributed by atoms with E-state index in [2.05, 4.69) is 16.9 Å². The molecule has 0 spiro atoms. The second kappa shape index (κ2) is 9.87. The first-order chi connectivity index (χ1) is 18.5. The van der Waals surface area contributed by atoms with E-state index in [1.165, 1.54) is 36.1 Å². The first-order valence-corrected chi connectivity index (χ1v) is 13.0. The highest BCUT2D eigenvalue weighted by Gasteiger charge is 2.32. The van der Waals surface area contributed by atoms with Crippen LogP contribution in [0.25, 0.3) is 11.8 Å². The third kappa shape index (κ3) is 4.26. The number of aromatic nitrogens is 1. The lowest BCUT2D eigenvalue weighted by atomic mass is 9.83. The molecule has 0 N–H and O–H groups in total. The molecule has 38 heavy (non-hydrogen) atoms. The van der Waals surface area contributed by atoms with Gasteiger partial charge < -0.3 is 9.47 Å². The largest absolute Gasteiger partial charge is 0.481 e. The van der Waals surface area contributed by atoms with Gasteiger partial charge in [-0.1, -0.05) is 65.9 Å². The quantitative estimate of drug-likeness (QED) is 0.369. The van der Waals surface area contributed by atoms with Crippen molar-refractivity contribution >= 4 is 29.1 Å². The molecular formula is C30H23FN2O4S. The first-order valence-electron chi connectivity index (χ1n) is 12.2. The van der Waals surface area contributed by atoms with E-state index in [1.54, 1.807) is 34.9 Å². The number of esters is 1. The summed E-state index contributed by atoms with van der Waals surface area (Å²) in [6, 6.07) is 21.4. The zero-order chi connectivity index (χ0) is 26.2. The molecule has 1 aromatic heterocycles. The number of hydrogen-bond donors (Lipinski definition) is 0. The second-order valence-electron chi connectivity index (χ2n) is 9.07. The van der Waals surface area contributed by atoms with Gasteiger partial charge in [-0.15, -0.1) is 0 Å². The van der Waals surface area contributed by atoms with E-state index in [1.807, 2.05) is 24.3 Å². The van der Waals surface area contributed by atoms with Crippen molar-refractivity contribution in [2.24, 2.45) is 4.99 Å². The van der Waals surface area contributed by atoms with Gasteiger partial charge in [0.1, 0.15) is 11.6 Å². The fourth-order valence-electron chi connectivity index (χ4n) is 5.04. The fourth-order valence-corrected chi connectivity index (χ4v) is 6.03. The number of benzene rings is 3. The summed E-state index contributed by atoms with van der Waals surface area (Å²) in [5.74, 6) is -0.357. The molecule has 190 valence electrons. The summed E-state index contributed by atoms with van der Waals surface area (Å²) in [5, 5.41) is 0. The van der Waals surface area contributed by atoms with E-state index in [0.29, 0.717) is 20.6 Å². The normalized spacial score (nSPS) is 16.3. The molecule has 1 atom stereocenters. The van der Waals surface area contributed by atoms with Crippen LogP contribution in [0.2, 0.25) is 0 Å². The summed E-state index contributed by atoms with van der Waals surface area (Å²) in [7, 11) is 1.30. The van der Waals surface area contributed by atoms with Crippen LogP contribution in [0.4, 0.5) is 4.39 Å². The number of aryl methyl sites for hydroxylation is 1. The van der Waals surface area contributed by atoms with Gasteiger partial charge in [-0.2, -0.15) is 0 Å². The van der Waals surface area contributed by atoms with Gasteiger partial charge in [-0.3, -0.25) is 9.36 Å². The number of nitrogens with zero attached hydrogens (tertiary/aromatic N) is 2. The van der Waals surface area contributed by atoms with Crippen molar-refractivity contribution in [2.75, 3.05) is 13.7 Å². The molecule has 1 aliphatic carbocycles. The fraction of sp³-hybridized carbons (Fsp3) is 0.167. The molecule has 0 saturated carbocycles. The third-order valence-electron chi connectivity index (χ3n) is 6.84. The van der Waals surface area contributed by atoms with Gasteiger partial charge in [0.2, 0.25) is 0 Å². The molecule has 8 heteroatoms. The second-order valence-corrected chi connectivity index (χ2v) is 10.1. The summed E-state index contributed by atoms with van der Waals surface area (Å²) >= 11 is 1.30. The molecule has 3 aromatic carbocycles. The van der Waals surface area contributed by atoms with E-state index in [0.717, 1.165) is 35.2 Å². The van der Waals surface area contributed by atoms with Gasteiger partial charge in [-0.05, 0) is 53.8 Å². The molecule has 0 amide bonds. The SMILES string of the molecule is COC(=O)COc1ccccc1C=c1sc2n(c1=O)C(c1ccc(F)cc1)C1=C(N=2)c2ccccc2CC1. The van der Waals surface area contributed by atoms with E-state index in [9.17, 15) is 14.0 Å². The molecule has 1 aliphatic heterocycles. The summed E-state index contributed by atoms with van der Waals surface area (Å²) < 4.78 is 26.4. The number of ether oxygens (including phenoxy) is 2. The highest BCUT2D eigenvalue weighted by molar-refractivity contribution is 7.07. The summed E-state index contributed by atoms with van der Waals surface area (Å²) in [6.07, 6.45) is 3.36. The van der Waals surface area contributed by atoms with Crippen LogP contribution < -0.4 is 19.6 Å². The number of fused-ring (bicyclic) bond motifs is 3. The number of methoxy groups -OCH3 is 1. The number of thiazole rings is 1. The first kappa shape index (κ1) is 24.1. The van der Waals surface area contributed by atoms with E-state index >= 15 is 0 Å². The molecule has 6 nitrogen and oxygen atoms in total. The van der Waals surface area contributed by atoms with Gasteiger partial charge >= 0.3 is 5.97 Å². The number of carbonyl (C=O) groups excluding carboxylic acids is 1. The van der Waals surface area contributed by atoms with Crippen LogP contribution in [0.15, 0.2) is 88.2 Å². The monoisotopic (exact) mass is 526 g/mol. The number of halogens is 1. The molecule has 4 aromatic rings. The zero-order valence-corrected chi connectivity index (χ0v) is 21.3. The maximum absolute atomic E-state index is 13.9. The Labute approximate surface area is 221 Å². The summed E-state index contributed by atoms with van der Waals surface area (Å²) in [6.45, 7) is -0.237. The molecule has 0 fully saturated rings. The Hall–Kier alpha value is -4.30. The molecule has 0 radical (unpaired) electrons. The maximum Gasteiger partial charge on any atom is 0.343 e. The van der Waals surface area contributed by atoms with Crippen molar-refractivity contribution < 1.29 is 18.7 Å². The van der Waals surface area contributed by atoms with Crippen molar-refractivity contribution in [1.29, 1.82) is 0 Å². The van der Waals surface area contributed by atoms with Crippen LogP contribution in [0.5, 0.6) is 5.75 Å². The summed E-state index contributed by atoms with van der Waals surface area (Å²) in [5.41, 5.74) is 5.55. The van der Waals surface area contributed by atoms with Gasteiger partial charge in [0, 0.05) is 11.1 Å². The average Bonchev–Trinajstić information content (AvgIpc) is 3.26. The van der Waals surface area contributed by atoms with Gasteiger partial charge in [-0.25, -0.2) is 14.2 Å². The third-order valence-corrected chi connectivity index (χ3v) is 7.82. The Morgan fingerprint density at radius 1 is 1.08 bits per heavy atom. The predicted octanol–water partition coefficient (Wildman–Crippen LogP) is 4.01. The van der Waals surface area contributed by atoms with Crippen molar-refractivity contribution in [3.63, 3.8) is 0 Å². The number of carbonyl (C=O) groups is 1. The standard InChI is InChI=1S/C30H23FN2O4S/c1-36-26(34)17-37-24-9-5-3-7-20(24)16-25-29(35)33-28(19-10-13-21(31)14-11-19)23-15-12-18-6-2-4-8-22(18)27(23)32-30(33)38-25/h2-11,13-14,16,28H,12,15,17H2,1H3. The minimum Gasteiger partial charge on any atom is -0.481 e. The van der Waals surface area contributed by atoms with Gasteiger partial charge in [0.25, 0.3) is 5.56 Å². The molecular weight excluding hydrogens is 503 g/mol. The molecule has 2 heterocycles. The van der Waals surface area contributed by atoms with E-state index in [4.69, 9.17) is 9.73 Å². The van der Waals surface area contributed by atoms with E-state index in [-0.39, 0.29) is 24.0 Å². The summed E-state index contributed by atoms with van der Waals surface area (Å²) in [4.78, 5) is 31.1. The highest BCUT2D eigenvalue weighted by Crippen LogP contribution is 2.41. The lowest BCUT2D eigenvalue weighted by Crippen LogP contribution is -2.38. The topological polar surface area (TPSA) is 69.9 Å². The van der Waals surface area contributed by atoms with Crippen molar-refractivity contribution in [3.8, 4) is 5.75 Å². The minimum atomic E-state index is -0.496. The van der Waals surface area contributed by atoms with Crippen molar-refractivity contribution in [1.82, 2.24) is 4.57 Å². The van der Waals surface area contributed by atoms with Crippen molar-refractivity contribution in [2.45, 2.75) is 18.9 Å². The lowest BCUT2D eigenvalue weighted by molar-refractivity contribution is -0.142. The van der Waals surface area contributed by atoms with Crippen LogP contribution in [0.3, 0.4) is 0 Å². The molecule has 0 bridgehead atoms. The van der Waals surface area contributed by atoms with Crippen LogP contribution in [-0.2, 0) is 16.0 Å². The van der Waals surface area contributed by atoms with Crippen LogP contribution in [-0.4, -0.2) is 24.3 Å². The molecule has 1 unspecified atom stereocenters. The molecule has 0 saturated heterocycles. The van der Waals surface area contributed by atoms with Crippen LogP contribution in [0.1, 0.15) is 34.7 Å².